The molecule has 0 atom stereocenters. The van der Waals surface area contributed by atoms with E-state index >= 15 is 0 Å². The van der Waals surface area contributed by atoms with Crippen molar-refractivity contribution in [1.29, 1.82) is 0 Å². The maximum Gasteiger partial charge on any atom is 0.269 e. The van der Waals surface area contributed by atoms with E-state index in [2.05, 4.69) is 20.5 Å². The van der Waals surface area contributed by atoms with Crippen molar-refractivity contribution < 1.29 is 4.92 Å². The van der Waals surface area contributed by atoms with Gasteiger partial charge in [0.2, 0.25) is 0 Å². The van der Waals surface area contributed by atoms with Crippen LogP contribution in [0.1, 0.15) is 36.4 Å². The van der Waals surface area contributed by atoms with Crippen molar-refractivity contribution in [2.45, 2.75) is 33.2 Å². The molecule has 0 saturated heterocycles. The average molecular weight is 364 g/mol. The van der Waals surface area contributed by atoms with Crippen LogP contribution in [0.25, 0.3) is 5.69 Å². The third kappa shape index (κ3) is 3.74. The lowest BCUT2D eigenvalue weighted by Gasteiger charge is -2.20. The molecule has 0 aliphatic rings. The zero-order valence-electron chi connectivity index (χ0n) is 15.6. The summed E-state index contributed by atoms with van der Waals surface area (Å²) in [6.45, 7) is 7.87. The first-order chi connectivity index (χ1) is 12.8. The van der Waals surface area contributed by atoms with E-state index in [9.17, 15) is 10.1 Å². The second-order valence-corrected chi connectivity index (χ2v) is 6.82. The van der Waals surface area contributed by atoms with Crippen LogP contribution in [0, 0.1) is 24.0 Å². The molecular formula is C19H20N6O2. The van der Waals surface area contributed by atoms with E-state index in [0.29, 0.717) is 5.82 Å². The lowest BCUT2D eigenvalue weighted by Crippen LogP contribution is -2.22. The first-order valence-electron chi connectivity index (χ1n) is 8.45. The molecule has 0 N–H and O–H groups in total. The summed E-state index contributed by atoms with van der Waals surface area (Å²) in [6, 6.07) is 12.3. The number of aromatic nitrogens is 4. The van der Waals surface area contributed by atoms with Crippen molar-refractivity contribution in [3.8, 4) is 5.69 Å². The Morgan fingerprint density at radius 1 is 1.11 bits per heavy atom. The van der Waals surface area contributed by atoms with E-state index in [0.717, 1.165) is 22.4 Å². The zero-order chi connectivity index (χ0) is 19.6. The van der Waals surface area contributed by atoms with Crippen LogP contribution < -0.4 is 0 Å². The highest BCUT2D eigenvalue weighted by Gasteiger charge is 2.28. The van der Waals surface area contributed by atoms with Gasteiger partial charge in [-0.25, -0.2) is 0 Å². The summed E-state index contributed by atoms with van der Waals surface area (Å²) in [5.41, 5.74) is 3.19. The first kappa shape index (κ1) is 18.4. The highest BCUT2D eigenvalue weighted by molar-refractivity contribution is 5.80. The summed E-state index contributed by atoms with van der Waals surface area (Å²) in [7, 11) is 0. The van der Waals surface area contributed by atoms with Gasteiger partial charge in [-0.2, -0.15) is 4.68 Å². The van der Waals surface area contributed by atoms with E-state index in [1.165, 1.54) is 12.1 Å². The van der Waals surface area contributed by atoms with Crippen LogP contribution in [-0.2, 0) is 5.54 Å². The summed E-state index contributed by atoms with van der Waals surface area (Å²) >= 11 is 0. The Bertz CT molecular complexity index is 985. The lowest BCUT2D eigenvalue weighted by atomic mass is 10.0. The number of nitro groups is 1. The van der Waals surface area contributed by atoms with Gasteiger partial charge in [0, 0.05) is 18.3 Å². The number of hydrogen-bond acceptors (Lipinski definition) is 6. The minimum Gasteiger partial charge on any atom is -0.278 e. The molecule has 1 heterocycles. The number of hydrogen-bond donors (Lipinski definition) is 0. The monoisotopic (exact) mass is 364 g/mol. The van der Waals surface area contributed by atoms with Crippen molar-refractivity contribution in [3.63, 3.8) is 0 Å². The largest absolute Gasteiger partial charge is 0.278 e. The van der Waals surface area contributed by atoms with Crippen LogP contribution in [0.3, 0.4) is 0 Å². The molecule has 3 aromatic rings. The molecule has 1 aromatic heterocycles. The smallest absolute Gasteiger partial charge is 0.269 e. The molecule has 27 heavy (non-hydrogen) atoms. The number of tetrazole rings is 1. The van der Waals surface area contributed by atoms with E-state index in [-0.39, 0.29) is 5.69 Å². The van der Waals surface area contributed by atoms with Crippen molar-refractivity contribution in [3.05, 3.63) is 75.1 Å². The van der Waals surface area contributed by atoms with Gasteiger partial charge in [0.15, 0.2) is 5.82 Å². The van der Waals surface area contributed by atoms with Gasteiger partial charge in [-0.15, -0.1) is 5.10 Å². The molecule has 8 nitrogen and oxygen atoms in total. The van der Waals surface area contributed by atoms with Crippen LogP contribution in [0.4, 0.5) is 5.69 Å². The topological polar surface area (TPSA) is 99.1 Å². The number of rotatable bonds is 5. The predicted octanol–water partition coefficient (Wildman–Crippen LogP) is 3.54. The van der Waals surface area contributed by atoms with E-state index in [1.807, 2.05) is 45.9 Å². The third-order valence-electron chi connectivity index (χ3n) is 4.31. The normalized spacial score (nSPS) is 11.9. The van der Waals surface area contributed by atoms with Gasteiger partial charge in [0.05, 0.1) is 10.6 Å². The van der Waals surface area contributed by atoms with Crippen LogP contribution >= 0.6 is 0 Å². The van der Waals surface area contributed by atoms with Crippen molar-refractivity contribution >= 4 is 11.9 Å². The van der Waals surface area contributed by atoms with E-state index in [1.54, 1.807) is 23.0 Å². The highest BCUT2D eigenvalue weighted by atomic mass is 16.6. The second-order valence-electron chi connectivity index (χ2n) is 6.82. The molecular weight excluding hydrogens is 344 g/mol. The van der Waals surface area contributed by atoms with Gasteiger partial charge in [-0.1, -0.05) is 18.2 Å². The van der Waals surface area contributed by atoms with Crippen LogP contribution in [0.2, 0.25) is 0 Å². The van der Waals surface area contributed by atoms with Crippen LogP contribution in [0.15, 0.2) is 47.5 Å². The second kappa shape index (κ2) is 7.06. The van der Waals surface area contributed by atoms with Gasteiger partial charge in [-0.05, 0) is 66.9 Å². The molecule has 0 saturated carbocycles. The molecule has 0 aliphatic heterocycles. The number of para-hydroxylation sites is 1. The molecule has 8 heteroatoms. The molecule has 3 rings (SSSR count). The minimum atomic E-state index is -0.694. The highest BCUT2D eigenvalue weighted by Crippen LogP contribution is 2.27. The van der Waals surface area contributed by atoms with Crippen molar-refractivity contribution in [2.75, 3.05) is 0 Å². The number of aliphatic imine (C=N–C) groups is 1. The SMILES string of the molecule is Cc1cccc(C)c1-n1nnnc1C(C)(C)N=Cc1ccc([N+](=O)[O-])cc1. The fourth-order valence-electron chi connectivity index (χ4n) is 2.83. The van der Waals surface area contributed by atoms with Gasteiger partial charge in [-0.3, -0.25) is 15.1 Å². The number of aryl methyl sites for hydroxylation is 2. The lowest BCUT2D eigenvalue weighted by molar-refractivity contribution is -0.384. The van der Waals surface area contributed by atoms with Gasteiger partial charge >= 0.3 is 0 Å². The summed E-state index contributed by atoms with van der Waals surface area (Å²) in [5, 5.41) is 23.0. The Hall–Kier alpha value is -3.42. The average Bonchev–Trinajstić information content (AvgIpc) is 3.10. The van der Waals surface area contributed by atoms with E-state index < -0.39 is 10.5 Å². The van der Waals surface area contributed by atoms with Crippen molar-refractivity contribution in [1.82, 2.24) is 20.2 Å². The molecule has 0 bridgehead atoms. The summed E-state index contributed by atoms with van der Waals surface area (Å²) in [6.07, 6.45) is 1.67. The Morgan fingerprint density at radius 2 is 1.74 bits per heavy atom. The maximum absolute atomic E-state index is 10.8. The fraction of sp³-hybridized carbons (Fsp3) is 0.263. The zero-order valence-corrected chi connectivity index (χ0v) is 15.6. The molecule has 2 aromatic carbocycles. The van der Waals surface area contributed by atoms with E-state index in [4.69, 9.17) is 0 Å². The molecule has 0 fully saturated rings. The number of nitro benzene ring substituents is 1. The molecule has 138 valence electrons. The summed E-state index contributed by atoms with van der Waals surface area (Å²) < 4.78 is 1.72. The molecule has 0 amide bonds. The summed E-state index contributed by atoms with van der Waals surface area (Å²) in [4.78, 5) is 15.0. The van der Waals surface area contributed by atoms with Gasteiger partial charge in [0.25, 0.3) is 5.69 Å². The fourth-order valence-corrected chi connectivity index (χ4v) is 2.83. The Labute approximate surface area is 156 Å². The van der Waals surface area contributed by atoms with Crippen LogP contribution in [-0.4, -0.2) is 31.3 Å². The minimum absolute atomic E-state index is 0.0466. The predicted molar refractivity (Wildman–Crippen MR) is 102 cm³/mol. The number of non-ortho nitro benzene ring substituents is 1. The Kier molecular flexibility index (Phi) is 4.81. The molecule has 0 unspecified atom stereocenters. The standard InChI is InChI=1S/C19H20N6O2/c1-13-6-5-7-14(2)17(13)24-18(21-22-23-24)19(3,4)20-12-15-8-10-16(11-9-15)25(26)27/h5-12H,1-4H3. The third-order valence-corrected chi connectivity index (χ3v) is 4.31. The van der Waals surface area contributed by atoms with Gasteiger partial charge < -0.3 is 0 Å². The molecule has 0 aliphatic carbocycles. The quantitative estimate of drug-likeness (QED) is 0.392. The summed E-state index contributed by atoms with van der Waals surface area (Å²) in [5.74, 6) is 0.609. The molecule has 0 spiro atoms. The molecule has 0 radical (unpaired) electrons. The number of nitrogens with zero attached hydrogens (tertiary/aromatic N) is 6. The van der Waals surface area contributed by atoms with Crippen molar-refractivity contribution in [2.24, 2.45) is 4.99 Å². The van der Waals surface area contributed by atoms with Crippen LogP contribution in [0.5, 0.6) is 0 Å². The Morgan fingerprint density at radius 3 is 2.33 bits per heavy atom. The van der Waals surface area contributed by atoms with Gasteiger partial charge in [0.1, 0.15) is 5.54 Å². The maximum atomic E-state index is 10.8. The number of benzene rings is 2. The Balaban J connectivity index is 1.94. The first-order valence-corrected chi connectivity index (χ1v) is 8.45.